The first-order chi connectivity index (χ1) is 10.1. The van der Waals surface area contributed by atoms with Gasteiger partial charge >= 0.3 is 5.69 Å². The van der Waals surface area contributed by atoms with Crippen LogP contribution < -0.4 is 10.2 Å². The number of hydrogen-bond acceptors (Lipinski definition) is 4. The second-order valence-electron chi connectivity index (χ2n) is 4.62. The molecule has 0 unspecified atom stereocenters. The predicted molar refractivity (Wildman–Crippen MR) is 78.7 cm³/mol. The largest absolute Gasteiger partial charge is 0.494 e. The molecular formula is C15H16N2O4. The summed E-state index contributed by atoms with van der Waals surface area (Å²) in [7, 11) is 0. The fourth-order valence-corrected chi connectivity index (χ4v) is 1.87. The predicted octanol–water partition coefficient (Wildman–Crippen LogP) is 2.59. The van der Waals surface area contributed by atoms with E-state index in [4.69, 9.17) is 4.74 Å². The minimum atomic E-state index is -0.666. The first-order valence-corrected chi connectivity index (χ1v) is 6.66. The van der Waals surface area contributed by atoms with Crippen LogP contribution in [0.5, 0.6) is 5.75 Å². The minimum absolute atomic E-state index is 0.416. The van der Waals surface area contributed by atoms with Gasteiger partial charge in [-0.05, 0) is 24.1 Å². The molecular weight excluding hydrogens is 272 g/mol. The van der Waals surface area contributed by atoms with Gasteiger partial charge in [0, 0.05) is 18.8 Å². The number of hydrogen-bond donors (Lipinski definition) is 0. The topological polar surface area (TPSA) is 74.4 Å². The molecule has 21 heavy (non-hydrogen) atoms. The molecule has 6 nitrogen and oxygen atoms in total. The van der Waals surface area contributed by atoms with Gasteiger partial charge in [-0.25, -0.2) is 0 Å². The molecule has 0 radical (unpaired) electrons. The molecule has 0 amide bonds. The molecule has 1 aromatic heterocycles. The van der Waals surface area contributed by atoms with Crippen molar-refractivity contribution in [1.82, 2.24) is 4.57 Å². The van der Waals surface area contributed by atoms with Crippen molar-refractivity contribution in [3.8, 4) is 5.75 Å². The van der Waals surface area contributed by atoms with Crippen molar-refractivity contribution in [2.75, 3.05) is 6.61 Å². The number of ether oxygens (including phenoxy) is 1. The maximum absolute atomic E-state index is 11.3. The smallest absolute Gasteiger partial charge is 0.332 e. The van der Waals surface area contributed by atoms with Crippen molar-refractivity contribution in [2.45, 2.75) is 19.9 Å². The second kappa shape index (κ2) is 6.69. The molecule has 0 aliphatic carbocycles. The van der Waals surface area contributed by atoms with Gasteiger partial charge in [0.05, 0.1) is 17.7 Å². The minimum Gasteiger partial charge on any atom is -0.494 e. The van der Waals surface area contributed by atoms with E-state index in [1.165, 1.54) is 18.5 Å². The normalized spacial score (nSPS) is 10.3. The molecule has 0 N–H and O–H groups in total. The van der Waals surface area contributed by atoms with E-state index in [0.717, 1.165) is 17.7 Å². The Balaban J connectivity index is 2.13. The first kappa shape index (κ1) is 14.8. The molecule has 0 atom stereocenters. The summed E-state index contributed by atoms with van der Waals surface area (Å²) in [4.78, 5) is 21.4. The van der Waals surface area contributed by atoms with E-state index in [9.17, 15) is 14.9 Å². The molecule has 0 saturated carbocycles. The summed E-state index contributed by atoms with van der Waals surface area (Å²) < 4.78 is 7.10. The quantitative estimate of drug-likeness (QED) is 0.605. The zero-order chi connectivity index (χ0) is 15.2. The fraction of sp³-hybridized carbons (Fsp3) is 0.267. The third kappa shape index (κ3) is 3.92. The third-order valence-electron chi connectivity index (χ3n) is 2.92. The summed E-state index contributed by atoms with van der Waals surface area (Å²) in [6, 6.07) is 8.73. The Morgan fingerprint density at radius 1 is 1.24 bits per heavy atom. The van der Waals surface area contributed by atoms with Gasteiger partial charge in [-0.2, -0.15) is 0 Å². The SMILES string of the molecule is CCCOc1ccc(Cn2ccc(=O)c([N+](=O)[O-])c2)cc1. The van der Waals surface area contributed by atoms with E-state index in [1.54, 1.807) is 4.57 Å². The van der Waals surface area contributed by atoms with Gasteiger partial charge in [-0.15, -0.1) is 0 Å². The summed E-state index contributed by atoms with van der Waals surface area (Å²) in [5.74, 6) is 0.798. The third-order valence-corrected chi connectivity index (χ3v) is 2.92. The first-order valence-electron chi connectivity index (χ1n) is 6.66. The summed E-state index contributed by atoms with van der Waals surface area (Å²) in [5.41, 5.74) is -0.0308. The molecule has 0 spiro atoms. The lowest BCUT2D eigenvalue weighted by Crippen LogP contribution is -2.11. The maximum atomic E-state index is 11.3. The van der Waals surface area contributed by atoms with Crippen molar-refractivity contribution >= 4 is 5.69 Å². The van der Waals surface area contributed by atoms with Gasteiger partial charge in [0.15, 0.2) is 0 Å². The molecule has 1 heterocycles. The van der Waals surface area contributed by atoms with Crippen LogP contribution in [0.25, 0.3) is 0 Å². The van der Waals surface area contributed by atoms with Crippen molar-refractivity contribution in [3.63, 3.8) is 0 Å². The zero-order valence-electron chi connectivity index (χ0n) is 11.7. The molecule has 0 saturated heterocycles. The number of nitrogens with zero attached hydrogens (tertiary/aromatic N) is 2. The summed E-state index contributed by atoms with van der Waals surface area (Å²) in [6.07, 6.45) is 3.74. The molecule has 1 aromatic carbocycles. The van der Waals surface area contributed by atoms with E-state index in [0.29, 0.717) is 13.2 Å². The van der Waals surface area contributed by atoms with Crippen LogP contribution >= 0.6 is 0 Å². The van der Waals surface area contributed by atoms with Crippen molar-refractivity contribution < 1.29 is 9.66 Å². The molecule has 2 rings (SSSR count). The molecule has 0 aliphatic heterocycles. The van der Waals surface area contributed by atoms with Crippen LogP contribution in [0.4, 0.5) is 5.69 Å². The summed E-state index contributed by atoms with van der Waals surface area (Å²) in [6.45, 7) is 3.16. The molecule has 0 bridgehead atoms. The van der Waals surface area contributed by atoms with E-state index in [-0.39, 0.29) is 0 Å². The maximum Gasteiger partial charge on any atom is 0.332 e. The highest BCUT2D eigenvalue weighted by Gasteiger charge is 2.11. The zero-order valence-corrected chi connectivity index (χ0v) is 11.7. The lowest BCUT2D eigenvalue weighted by molar-refractivity contribution is -0.386. The van der Waals surface area contributed by atoms with Crippen LogP contribution in [0.3, 0.4) is 0 Å². The van der Waals surface area contributed by atoms with Gasteiger partial charge in [0.2, 0.25) is 0 Å². The van der Waals surface area contributed by atoms with Crippen LogP contribution in [0.15, 0.2) is 47.5 Å². The highest BCUT2D eigenvalue weighted by Crippen LogP contribution is 2.14. The number of aromatic nitrogens is 1. The number of pyridine rings is 1. The van der Waals surface area contributed by atoms with E-state index in [2.05, 4.69) is 0 Å². The van der Waals surface area contributed by atoms with Crippen LogP contribution in [-0.2, 0) is 6.54 Å². The van der Waals surface area contributed by atoms with Crippen LogP contribution in [0.1, 0.15) is 18.9 Å². The fourth-order valence-electron chi connectivity index (χ4n) is 1.87. The van der Waals surface area contributed by atoms with E-state index in [1.807, 2.05) is 31.2 Å². The Kier molecular flexibility index (Phi) is 4.71. The molecule has 2 aromatic rings. The Hall–Kier alpha value is -2.63. The van der Waals surface area contributed by atoms with Gasteiger partial charge < -0.3 is 9.30 Å². The number of benzene rings is 1. The molecule has 6 heteroatoms. The van der Waals surface area contributed by atoms with Crippen LogP contribution in [-0.4, -0.2) is 16.1 Å². The molecule has 0 fully saturated rings. The van der Waals surface area contributed by atoms with Gasteiger partial charge in [0.25, 0.3) is 5.43 Å². The number of rotatable bonds is 6. The van der Waals surface area contributed by atoms with Gasteiger partial charge in [-0.1, -0.05) is 19.1 Å². The highest BCUT2D eigenvalue weighted by atomic mass is 16.6. The lowest BCUT2D eigenvalue weighted by Gasteiger charge is -2.08. The Bertz CT molecular complexity index is 677. The van der Waals surface area contributed by atoms with Crippen molar-refractivity contribution in [3.05, 3.63) is 68.6 Å². The van der Waals surface area contributed by atoms with Gasteiger partial charge in [0.1, 0.15) is 5.75 Å². The van der Waals surface area contributed by atoms with Crippen molar-refractivity contribution in [2.24, 2.45) is 0 Å². The Labute approximate surface area is 121 Å². The standard InChI is InChI=1S/C15H16N2O4/c1-2-9-21-13-5-3-12(4-6-13)10-16-8-7-15(18)14(11-16)17(19)20/h3-8,11H,2,9-10H2,1H3. The average Bonchev–Trinajstić information content (AvgIpc) is 2.48. The van der Waals surface area contributed by atoms with E-state index >= 15 is 0 Å². The Morgan fingerprint density at radius 2 is 1.95 bits per heavy atom. The van der Waals surface area contributed by atoms with Crippen molar-refractivity contribution in [1.29, 1.82) is 0 Å². The van der Waals surface area contributed by atoms with Crippen LogP contribution in [0.2, 0.25) is 0 Å². The van der Waals surface area contributed by atoms with Crippen LogP contribution in [0, 0.1) is 10.1 Å². The van der Waals surface area contributed by atoms with E-state index < -0.39 is 16.0 Å². The highest BCUT2D eigenvalue weighted by molar-refractivity contribution is 5.29. The average molecular weight is 288 g/mol. The number of nitro groups is 1. The molecule has 110 valence electrons. The molecule has 0 aliphatic rings. The second-order valence-corrected chi connectivity index (χ2v) is 4.62. The monoisotopic (exact) mass is 288 g/mol. The lowest BCUT2D eigenvalue weighted by atomic mass is 10.2. The van der Waals surface area contributed by atoms with Gasteiger partial charge in [-0.3, -0.25) is 14.9 Å². The Morgan fingerprint density at radius 3 is 2.57 bits per heavy atom. The summed E-state index contributed by atoms with van der Waals surface area (Å²) >= 11 is 0. The summed E-state index contributed by atoms with van der Waals surface area (Å²) in [5, 5.41) is 10.7.